The molecule has 0 atom stereocenters. The van der Waals surface area contributed by atoms with E-state index in [-0.39, 0.29) is 12.5 Å². The molecular weight excluding hydrogens is 375 g/mol. The van der Waals surface area contributed by atoms with E-state index in [2.05, 4.69) is 0 Å². The van der Waals surface area contributed by atoms with Crippen LogP contribution in [0.4, 0.5) is 0 Å². The minimum atomic E-state index is -3.80. The van der Waals surface area contributed by atoms with Gasteiger partial charge in [-0.2, -0.15) is 0 Å². The highest BCUT2D eigenvalue weighted by atomic mass is 35.5. The van der Waals surface area contributed by atoms with Crippen molar-refractivity contribution in [1.29, 1.82) is 0 Å². The molecule has 0 radical (unpaired) electrons. The Balaban J connectivity index is 4.59. The quantitative estimate of drug-likeness (QED) is 0.180. The Bertz CT molecular complexity index is 445. The molecule has 0 amide bonds. The molecule has 0 saturated heterocycles. The Morgan fingerprint density at radius 1 is 0.880 bits per heavy atom. The van der Waals surface area contributed by atoms with E-state index in [9.17, 15) is 14.2 Å². The molecule has 0 rings (SSSR count). The van der Waals surface area contributed by atoms with Crippen LogP contribution in [-0.4, -0.2) is 44.4 Å². The summed E-state index contributed by atoms with van der Waals surface area (Å²) in [6.07, 6.45) is -0.417. The van der Waals surface area contributed by atoms with Crippen LogP contribution in [0, 0.1) is 10.8 Å². The largest absolute Gasteiger partial charge is 0.438 e. The van der Waals surface area contributed by atoms with Gasteiger partial charge in [-0.3, -0.25) is 23.2 Å². The summed E-state index contributed by atoms with van der Waals surface area (Å²) in [4.78, 5) is 23.3. The van der Waals surface area contributed by atoms with E-state index >= 15 is 0 Å². The summed E-state index contributed by atoms with van der Waals surface area (Å²) < 4.78 is 37.5. The van der Waals surface area contributed by atoms with Crippen LogP contribution in [0.15, 0.2) is 0 Å². The van der Waals surface area contributed by atoms with Gasteiger partial charge in [0.15, 0.2) is 0 Å². The molecule has 0 aromatic rings. The van der Waals surface area contributed by atoms with Crippen LogP contribution < -0.4 is 0 Å². The van der Waals surface area contributed by atoms with Crippen molar-refractivity contribution in [1.82, 2.24) is 0 Å². The molecule has 0 heterocycles. The smallest absolute Gasteiger partial charge is 0.361 e. The standard InChI is InChI=1S/C15H28ClO8P/c1-14(2,3)12(17)21-9-23-25(19,11-20-8-7-16)24-10-22-13(18)15(4,5)6/h7-11H2,1-6H3. The Kier molecular flexibility index (Phi) is 10.2. The van der Waals surface area contributed by atoms with Crippen molar-refractivity contribution >= 4 is 31.1 Å². The highest BCUT2D eigenvalue weighted by Gasteiger charge is 2.30. The van der Waals surface area contributed by atoms with Gasteiger partial charge >= 0.3 is 19.5 Å². The number of rotatable bonds is 10. The Labute approximate surface area is 154 Å². The molecule has 0 bridgehead atoms. The Hall–Kier alpha value is -0.660. The van der Waals surface area contributed by atoms with Crippen molar-refractivity contribution < 1.29 is 37.4 Å². The van der Waals surface area contributed by atoms with Crippen molar-refractivity contribution in [2.45, 2.75) is 41.5 Å². The maximum atomic E-state index is 12.6. The third-order valence-electron chi connectivity index (χ3n) is 2.57. The number of ether oxygens (including phenoxy) is 3. The van der Waals surface area contributed by atoms with E-state index in [0.717, 1.165) is 0 Å². The number of alkyl halides is 1. The molecule has 0 spiro atoms. The predicted molar refractivity (Wildman–Crippen MR) is 92.1 cm³/mol. The fourth-order valence-electron chi connectivity index (χ4n) is 1.10. The molecule has 0 unspecified atom stereocenters. The molecule has 10 heteroatoms. The maximum Gasteiger partial charge on any atom is 0.361 e. The SMILES string of the molecule is CC(C)(C)C(=O)OCOP(=O)(COCCCl)OCOC(=O)C(C)(C)C. The molecular formula is C15H28ClO8P. The van der Waals surface area contributed by atoms with Gasteiger partial charge in [0, 0.05) is 5.88 Å². The Morgan fingerprint density at radius 2 is 1.28 bits per heavy atom. The molecule has 0 aliphatic heterocycles. The van der Waals surface area contributed by atoms with Crippen LogP contribution in [0.5, 0.6) is 0 Å². The maximum absolute atomic E-state index is 12.6. The van der Waals surface area contributed by atoms with E-state index in [1.54, 1.807) is 41.5 Å². The highest BCUT2D eigenvalue weighted by molar-refractivity contribution is 7.53. The van der Waals surface area contributed by atoms with Crippen LogP contribution in [0.2, 0.25) is 0 Å². The van der Waals surface area contributed by atoms with E-state index in [1.807, 2.05) is 0 Å². The number of hydrogen-bond acceptors (Lipinski definition) is 8. The second-order valence-electron chi connectivity index (χ2n) is 7.19. The van der Waals surface area contributed by atoms with Crippen LogP contribution in [0.1, 0.15) is 41.5 Å². The van der Waals surface area contributed by atoms with Gasteiger partial charge in [-0.05, 0) is 41.5 Å². The van der Waals surface area contributed by atoms with Gasteiger partial charge in [0.2, 0.25) is 13.6 Å². The Morgan fingerprint density at radius 3 is 1.60 bits per heavy atom. The monoisotopic (exact) mass is 402 g/mol. The van der Waals surface area contributed by atoms with Gasteiger partial charge < -0.3 is 14.2 Å². The normalized spacial score (nSPS) is 12.8. The predicted octanol–water partition coefficient (Wildman–Crippen LogP) is 3.52. The summed E-state index contributed by atoms with van der Waals surface area (Å²) in [6.45, 7) is 8.98. The summed E-state index contributed by atoms with van der Waals surface area (Å²) in [7, 11) is -3.80. The average Bonchev–Trinajstić information content (AvgIpc) is 2.45. The number of carbonyl (C=O) groups excluding carboxylic acids is 2. The van der Waals surface area contributed by atoms with E-state index in [4.69, 9.17) is 34.9 Å². The lowest BCUT2D eigenvalue weighted by Crippen LogP contribution is -2.25. The van der Waals surface area contributed by atoms with Crippen molar-refractivity contribution in [3.8, 4) is 0 Å². The van der Waals surface area contributed by atoms with Crippen molar-refractivity contribution in [3.63, 3.8) is 0 Å². The van der Waals surface area contributed by atoms with Gasteiger partial charge in [0.1, 0.15) is 6.35 Å². The summed E-state index contributed by atoms with van der Waals surface area (Å²) in [5, 5.41) is 0. The lowest BCUT2D eigenvalue weighted by atomic mass is 9.98. The second kappa shape index (κ2) is 10.5. The summed E-state index contributed by atoms with van der Waals surface area (Å²) in [5.41, 5.74) is -1.46. The third kappa shape index (κ3) is 10.8. The van der Waals surface area contributed by atoms with E-state index in [1.165, 1.54) is 0 Å². The highest BCUT2D eigenvalue weighted by Crippen LogP contribution is 2.48. The number of halogens is 1. The zero-order chi connectivity index (χ0) is 19.7. The first kappa shape index (κ1) is 24.3. The molecule has 0 aromatic carbocycles. The van der Waals surface area contributed by atoms with Crippen LogP contribution >= 0.6 is 19.2 Å². The van der Waals surface area contributed by atoms with Crippen LogP contribution in [0.25, 0.3) is 0 Å². The summed E-state index contributed by atoms with van der Waals surface area (Å²) in [5.74, 6) is -0.863. The van der Waals surface area contributed by atoms with Crippen LogP contribution in [-0.2, 0) is 37.4 Å². The minimum absolute atomic E-state index is 0.127. The summed E-state index contributed by atoms with van der Waals surface area (Å²) in [6, 6.07) is 0. The van der Waals surface area contributed by atoms with Crippen molar-refractivity contribution in [2.24, 2.45) is 10.8 Å². The lowest BCUT2D eigenvalue weighted by Gasteiger charge is -2.21. The molecule has 0 aliphatic rings. The molecule has 0 aromatic heterocycles. The first-order valence-corrected chi connectivity index (χ1v) is 9.94. The zero-order valence-electron chi connectivity index (χ0n) is 15.6. The van der Waals surface area contributed by atoms with Crippen molar-refractivity contribution in [2.75, 3.05) is 32.4 Å². The molecule has 0 fully saturated rings. The number of hydrogen-bond donors (Lipinski definition) is 0. The van der Waals surface area contributed by atoms with Crippen molar-refractivity contribution in [3.05, 3.63) is 0 Å². The van der Waals surface area contributed by atoms with E-state index < -0.39 is 50.3 Å². The average molecular weight is 403 g/mol. The summed E-state index contributed by atoms with van der Waals surface area (Å²) >= 11 is 5.49. The van der Waals surface area contributed by atoms with Gasteiger partial charge in [0.05, 0.1) is 17.4 Å². The fourth-order valence-corrected chi connectivity index (χ4v) is 2.21. The topological polar surface area (TPSA) is 97.4 Å². The zero-order valence-corrected chi connectivity index (χ0v) is 17.3. The van der Waals surface area contributed by atoms with Gasteiger partial charge in [-0.15, -0.1) is 11.6 Å². The fraction of sp³-hybridized carbons (Fsp3) is 0.867. The lowest BCUT2D eigenvalue weighted by molar-refractivity contribution is -0.162. The first-order valence-electron chi connectivity index (χ1n) is 7.68. The van der Waals surface area contributed by atoms with Crippen LogP contribution in [0.3, 0.4) is 0 Å². The number of esters is 2. The molecule has 8 nitrogen and oxygen atoms in total. The van der Waals surface area contributed by atoms with E-state index in [0.29, 0.717) is 0 Å². The molecule has 0 N–H and O–H groups in total. The van der Waals surface area contributed by atoms with Gasteiger partial charge in [0.25, 0.3) is 0 Å². The second-order valence-corrected chi connectivity index (χ2v) is 9.57. The van der Waals surface area contributed by atoms with Gasteiger partial charge in [-0.1, -0.05) is 0 Å². The first-order chi connectivity index (χ1) is 11.3. The minimum Gasteiger partial charge on any atom is -0.438 e. The molecule has 148 valence electrons. The third-order valence-corrected chi connectivity index (χ3v) is 4.23. The number of carbonyl (C=O) groups is 2. The molecule has 0 aliphatic carbocycles. The van der Waals surface area contributed by atoms with Gasteiger partial charge in [-0.25, -0.2) is 0 Å². The molecule has 25 heavy (non-hydrogen) atoms. The molecule has 0 saturated carbocycles.